The van der Waals surface area contributed by atoms with E-state index in [1.54, 1.807) is 6.07 Å². The highest BCUT2D eigenvalue weighted by atomic mass is 15.1. The molecule has 0 aliphatic heterocycles. The molecule has 0 spiro atoms. The van der Waals surface area contributed by atoms with Crippen molar-refractivity contribution < 1.29 is 0 Å². The molecule has 61 valence electrons. The summed E-state index contributed by atoms with van der Waals surface area (Å²) < 4.78 is 1.95. The molecule has 3 heteroatoms. The predicted molar refractivity (Wildman–Crippen MR) is 49.3 cm³/mol. The number of hydrogen-bond donors (Lipinski definition) is 0. The Morgan fingerprint density at radius 3 is 3.15 bits per heavy atom. The lowest BCUT2D eigenvalue weighted by Crippen LogP contribution is -1.85. The molecule has 0 amide bonds. The van der Waals surface area contributed by atoms with E-state index in [1.165, 1.54) is 0 Å². The Balaban J connectivity index is 2.64. The third-order valence-corrected chi connectivity index (χ3v) is 2.04. The van der Waals surface area contributed by atoms with Crippen molar-refractivity contribution in [2.24, 2.45) is 0 Å². The second-order valence-electron chi connectivity index (χ2n) is 2.83. The molecule has 1 aromatic carbocycles. The number of imidazole rings is 1. The molecule has 0 fully saturated rings. The number of fused-ring (bicyclic) bond motifs is 3. The van der Waals surface area contributed by atoms with Gasteiger partial charge in [0.05, 0.1) is 17.2 Å². The first-order valence-corrected chi connectivity index (χ1v) is 4.05. The summed E-state index contributed by atoms with van der Waals surface area (Å²) in [7, 11) is 0. The maximum Gasteiger partial charge on any atom is 0.235 e. The van der Waals surface area contributed by atoms with Crippen molar-refractivity contribution in [2.75, 3.05) is 0 Å². The third-order valence-electron chi connectivity index (χ3n) is 2.04. The normalized spacial score (nSPS) is 11.1. The van der Waals surface area contributed by atoms with Crippen LogP contribution >= 0.6 is 0 Å². The summed E-state index contributed by atoms with van der Waals surface area (Å²) in [5, 5.41) is 0. The van der Waals surface area contributed by atoms with Gasteiger partial charge in [-0.1, -0.05) is 12.1 Å². The average molecular weight is 168 g/mol. The number of aromatic nitrogens is 3. The van der Waals surface area contributed by atoms with Gasteiger partial charge in [-0.3, -0.25) is 4.40 Å². The molecule has 0 saturated carbocycles. The Morgan fingerprint density at radius 1 is 1.23 bits per heavy atom. The van der Waals surface area contributed by atoms with Crippen LogP contribution in [-0.4, -0.2) is 14.4 Å². The Labute approximate surface area is 74.7 Å². The standard InChI is InChI=1S/C10H6N3/c1-2-5-9-8(4-1)12-10-11-6-3-7-13(9)10/h1-5,7H. The highest BCUT2D eigenvalue weighted by molar-refractivity contribution is 5.79. The fourth-order valence-corrected chi connectivity index (χ4v) is 1.46. The van der Waals surface area contributed by atoms with Crippen molar-refractivity contribution >= 4 is 16.8 Å². The molecule has 1 radical (unpaired) electrons. The Morgan fingerprint density at radius 2 is 2.15 bits per heavy atom. The van der Waals surface area contributed by atoms with E-state index in [0.29, 0.717) is 5.78 Å². The van der Waals surface area contributed by atoms with Gasteiger partial charge in [-0.15, -0.1) is 0 Å². The molecular formula is C10H6N3. The lowest BCUT2D eigenvalue weighted by Gasteiger charge is -1.90. The second kappa shape index (κ2) is 2.29. The maximum atomic E-state index is 4.34. The van der Waals surface area contributed by atoms with E-state index in [0.717, 1.165) is 11.0 Å². The molecule has 0 saturated heterocycles. The Bertz CT molecular complexity index is 518. The minimum absolute atomic E-state index is 0.698. The topological polar surface area (TPSA) is 30.2 Å². The van der Waals surface area contributed by atoms with Gasteiger partial charge in [0, 0.05) is 6.20 Å². The average Bonchev–Trinajstić information content (AvgIpc) is 2.56. The van der Waals surface area contributed by atoms with Crippen molar-refractivity contribution in [2.45, 2.75) is 0 Å². The van der Waals surface area contributed by atoms with Crippen LogP contribution in [0.1, 0.15) is 0 Å². The number of para-hydroxylation sites is 2. The first kappa shape index (κ1) is 6.60. The van der Waals surface area contributed by atoms with E-state index in [9.17, 15) is 0 Å². The van der Waals surface area contributed by atoms with Gasteiger partial charge in [0.15, 0.2) is 0 Å². The molecule has 3 nitrogen and oxygen atoms in total. The van der Waals surface area contributed by atoms with Crippen molar-refractivity contribution in [3.8, 4) is 0 Å². The molecule has 0 unspecified atom stereocenters. The van der Waals surface area contributed by atoms with E-state index >= 15 is 0 Å². The van der Waals surface area contributed by atoms with Crippen molar-refractivity contribution in [1.82, 2.24) is 14.4 Å². The number of nitrogens with zero attached hydrogens (tertiary/aromatic N) is 3. The summed E-state index contributed by atoms with van der Waals surface area (Å²) in [6, 6.07) is 9.74. The van der Waals surface area contributed by atoms with Crippen LogP contribution in [0.25, 0.3) is 16.8 Å². The third kappa shape index (κ3) is 0.839. The van der Waals surface area contributed by atoms with Crippen LogP contribution in [0.15, 0.2) is 36.5 Å². The highest BCUT2D eigenvalue weighted by Gasteiger charge is 2.01. The zero-order chi connectivity index (χ0) is 8.67. The van der Waals surface area contributed by atoms with Crippen molar-refractivity contribution in [1.29, 1.82) is 0 Å². The first-order chi connectivity index (χ1) is 6.45. The predicted octanol–water partition coefficient (Wildman–Crippen LogP) is 1.68. The molecule has 3 aromatic rings. The summed E-state index contributed by atoms with van der Waals surface area (Å²) in [5.74, 6) is 0.698. The molecule has 0 aliphatic carbocycles. The van der Waals surface area contributed by atoms with Crippen LogP contribution in [0, 0.1) is 6.20 Å². The van der Waals surface area contributed by atoms with Crippen LogP contribution in [0.4, 0.5) is 0 Å². The smallest absolute Gasteiger partial charge is 0.235 e. The molecule has 3 rings (SSSR count). The summed E-state index contributed by atoms with van der Waals surface area (Å²) in [6.45, 7) is 0. The van der Waals surface area contributed by atoms with E-state index in [1.807, 2.05) is 34.9 Å². The zero-order valence-corrected chi connectivity index (χ0v) is 6.81. The summed E-state index contributed by atoms with van der Waals surface area (Å²) in [6.07, 6.45) is 4.68. The summed E-state index contributed by atoms with van der Waals surface area (Å²) >= 11 is 0. The minimum Gasteiger partial charge on any atom is -0.284 e. The SMILES string of the molecule is [c]1ccn2c(n1)nc1ccccc12. The lowest BCUT2D eigenvalue weighted by molar-refractivity contribution is 1.13. The Hall–Kier alpha value is -1.90. The van der Waals surface area contributed by atoms with Crippen molar-refractivity contribution in [3.05, 3.63) is 42.7 Å². The van der Waals surface area contributed by atoms with Gasteiger partial charge >= 0.3 is 0 Å². The van der Waals surface area contributed by atoms with Crippen molar-refractivity contribution in [3.63, 3.8) is 0 Å². The van der Waals surface area contributed by atoms with Gasteiger partial charge in [0.25, 0.3) is 0 Å². The van der Waals surface area contributed by atoms with E-state index in [2.05, 4.69) is 16.2 Å². The summed E-state index contributed by atoms with van der Waals surface area (Å²) in [4.78, 5) is 8.38. The van der Waals surface area contributed by atoms with Crippen LogP contribution < -0.4 is 0 Å². The maximum absolute atomic E-state index is 4.34. The number of hydrogen-bond acceptors (Lipinski definition) is 2. The lowest BCUT2D eigenvalue weighted by atomic mass is 10.3. The van der Waals surface area contributed by atoms with Gasteiger partial charge < -0.3 is 0 Å². The molecule has 13 heavy (non-hydrogen) atoms. The van der Waals surface area contributed by atoms with Crippen LogP contribution in [0.5, 0.6) is 0 Å². The molecule has 0 N–H and O–H groups in total. The molecule has 0 bridgehead atoms. The van der Waals surface area contributed by atoms with Crippen LogP contribution in [-0.2, 0) is 0 Å². The quantitative estimate of drug-likeness (QED) is 0.511. The van der Waals surface area contributed by atoms with Crippen LogP contribution in [0.3, 0.4) is 0 Å². The van der Waals surface area contributed by atoms with E-state index in [4.69, 9.17) is 0 Å². The molecule has 0 atom stereocenters. The monoisotopic (exact) mass is 168 g/mol. The minimum atomic E-state index is 0.698. The number of benzene rings is 1. The van der Waals surface area contributed by atoms with Gasteiger partial charge in [0.1, 0.15) is 0 Å². The van der Waals surface area contributed by atoms with E-state index < -0.39 is 0 Å². The highest BCUT2D eigenvalue weighted by Crippen LogP contribution is 2.13. The molecule has 2 aromatic heterocycles. The zero-order valence-electron chi connectivity index (χ0n) is 6.81. The van der Waals surface area contributed by atoms with E-state index in [-0.39, 0.29) is 0 Å². The Kier molecular flexibility index (Phi) is 1.16. The summed E-state index contributed by atoms with van der Waals surface area (Å²) in [5.41, 5.74) is 2.05. The molecule has 0 aliphatic rings. The van der Waals surface area contributed by atoms with Gasteiger partial charge in [-0.05, 0) is 18.2 Å². The van der Waals surface area contributed by atoms with Crippen LogP contribution in [0.2, 0.25) is 0 Å². The van der Waals surface area contributed by atoms with Gasteiger partial charge in [0.2, 0.25) is 5.78 Å². The van der Waals surface area contributed by atoms with Gasteiger partial charge in [-0.25, -0.2) is 9.97 Å². The fourth-order valence-electron chi connectivity index (χ4n) is 1.46. The first-order valence-electron chi connectivity index (χ1n) is 4.05. The van der Waals surface area contributed by atoms with Gasteiger partial charge in [-0.2, -0.15) is 0 Å². The molecular weight excluding hydrogens is 162 g/mol. The molecule has 2 heterocycles. The largest absolute Gasteiger partial charge is 0.284 e. The fraction of sp³-hybridized carbons (Fsp3) is 0. The number of rotatable bonds is 0. The second-order valence-corrected chi connectivity index (χ2v) is 2.83.